The lowest BCUT2D eigenvalue weighted by molar-refractivity contribution is -0.129. The van der Waals surface area contributed by atoms with Gasteiger partial charge in [-0.3, -0.25) is 14.3 Å². The fraction of sp³-hybridized carbons (Fsp3) is 0.481. The zero-order valence-electron chi connectivity index (χ0n) is 20.8. The molecule has 0 aromatic heterocycles. The number of aryl methyl sites for hydroxylation is 1. The summed E-state index contributed by atoms with van der Waals surface area (Å²) in [5, 5.41) is 15.1. The van der Waals surface area contributed by atoms with Crippen LogP contribution in [0.15, 0.2) is 54.6 Å². The van der Waals surface area contributed by atoms with Crippen molar-refractivity contribution in [1.29, 1.82) is 0 Å². The third-order valence-corrected chi connectivity index (χ3v) is 7.91. The van der Waals surface area contributed by atoms with Gasteiger partial charge >= 0.3 is 0 Å². The van der Waals surface area contributed by atoms with Gasteiger partial charge in [-0.2, -0.15) is 0 Å². The first kappa shape index (κ1) is 27.5. The summed E-state index contributed by atoms with van der Waals surface area (Å²) < 4.78 is 28.4. The van der Waals surface area contributed by atoms with Crippen molar-refractivity contribution in [2.45, 2.75) is 70.4 Å². The summed E-state index contributed by atoms with van der Waals surface area (Å²) in [5.74, 6) is -0.554. The standard InChI is InChI=1S/C27H37N3O5S/c1-20(31)28-26(18-22-10-6-3-7-11-22)27(33)29-24(13-12-21-8-4-2-5-9-21)19-36(34,35)30-23-14-16-25(32)17-15-23/h2,4-5,8-9,14-17,22,24,26,30,32H,3,6-7,10-13,18-19H2,1H3,(H,28,31)(H,29,33). The maximum Gasteiger partial charge on any atom is 0.242 e. The number of hydrogen-bond donors (Lipinski definition) is 4. The molecule has 2 atom stereocenters. The number of carbonyl (C=O) groups is 2. The number of sulfonamides is 1. The molecule has 0 spiro atoms. The SMILES string of the molecule is CC(=O)NC(CC1CCCCC1)C(=O)NC(CCc1ccccc1)CS(=O)(=O)Nc1ccc(O)cc1. The van der Waals surface area contributed by atoms with Crippen LogP contribution in [0.1, 0.15) is 57.4 Å². The van der Waals surface area contributed by atoms with Crippen molar-refractivity contribution >= 4 is 27.5 Å². The molecular formula is C27H37N3O5S. The zero-order chi connectivity index (χ0) is 26.0. The summed E-state index contributed by atoms with van der Waals surface area (Å²) in [7, 11) is -3.81. The van der Waals surface area contributed by atoms with Crippen LogP contribution in [0.4, 0.5) is 5.69 Å². The van der Waals surface area contributed by atoms with Crippen molar-refractivity contribution in [2.75, 3.05) is 10.5 Å². The number of hydrogen-bond acceptors (Lipinski definition) is 5. The van der Waals surface area contributed by atoms with E-state index in [1.54, 1.807) is 0 Å². The fourth-order valence-corrected chi connectivity index (χ4v) is 6.09. The van der Waals surface area contributed by atoms with Crippen molar-refractivity contribution in [2.24, 2.45) is 5.92 Å². The zero-order valence-corrected chi connectivity index (χ0v) is 21.6. The molecule has 0 heterocycles. The maximum absolute atomic E-state index is 13.3. The Kier molecular flexibility index (Phi) is 10.2. The van der Waals surface area contributed by atoms with E-state index in [2.05, 4.69) is 15.4 Å². The molecule has 2 aromatic rings. The van der Waals surface area contributed by atoms with E-state index in [0.717, 1.165) is 31.2 Å². The van der Waals surface area contributed by atoms with Crippen LogP contribution >= 0.6 is 0 Å². The largest absolute Gasteiger partial charge is 0.508 e. The Bertz CT molecular complexity index is 1080. The molecule has 2 amide bonds. The molecule has 0 aliphatic heterocycles. The van der Waals surface area contributed by atoms with E-state index in [-0.39, 0.29) is 23.3 Å². The summed E-state index contributed by atoms with van der Waals surface area (Å²) in [4.78, 5) is 25.1. The molecule has 4 N–H and O–H groups in total. The second-order valence-corrected chi connectivity index (χ2v) is 11.4. The van der Waals surface area contributed by atoms with Crippen molar-refractivity contribution < 1.29 is 23.1 Å². The van der Waals surface area contributed by atoms with Gasteiger partial charge in [-0.15, -0.1) is 0 Å². The van der Waals surface area contributed by atoms with E-state index in [0.29, 0.717) is 30.9 Å². The average molecular weight is 516 g/mol. The number of amides is 2. The Morgan fingerprint density at radius 3 is 2.28 bits per heavy atom. The lowest BCUT2D eigenvalue weighted by Crippen LogP contribution is -2.51. The van der Waals surface area contributed by atoms with Gasteiger partial charge in [-0.25, -0.2) is 8.42 Å². The van der Waals surface area contributed by atoms with Gasteiger partial charge in [0.2, 0.25) is 21.8 Å². The summed E-state index contributed by atoms with van der Waals surface area (Å²) in [6, 6.07) is 14.1. The molecule has 8 nitrogen and oxygen atoms in total. The predicted octanol–water partition coefficient (Wildman–Crippen LogP) is 3.73. The lowest BCUT2D eigenvalue weighted by atomic mass is 9.84. The highest BCUT2D eigenvalue weighted by Crippen LogP contribution is 2.27. The molecule has 1 aliphatic carbocycles. The number of phenols is 1. The minimum absolute atomic E-state index is 0.0351. The highest BCUT2D eigenvalue weighted by molar-refractivity contribution is 7.92. The molecule has 1 aliphatic rings. The molecule has 1 saturated carbocycles. The van der Waals surface area contributed by atoms with E-state index >= 15 is 0 Å². The van der Waals surface area contributed by atoms with Crippen LogP contribution in [-0.2, 0) is 26.0 Å². The Morgan fingerprint density at radius 2 is 1.64 bits per heavy atom. The van der Waals surface area contributed by atoms with Gasteiger partial charge in [-0.1, -0.05) is 62.4 Å². The van der Waals surface area contributed by atoms with Crippen molar-refractivity contribution in [3.8, 4) is 5.75 Å². The molecule has 9 heteroatoms. The van der Waals surface area contributed by atoms with E-state index in [1.807, 2.05) is 30.3 Å². The Morgan fingerprint density at radius 1 is 0.972 bits per heavy atom. The fourth-order valence-electron chi connectivity index (χ4n) is 4.73. The molecule has 0 bridgehead atoms. The minimum Gasteiger partial charge on any atom is -0.508 e. The van der Waals surface area contributed by atoms with Gasteiger partial charge < -0.3 is 15.7 Å². The van der Waals surface area contributed by atoms with Crippen molar-refractivity contribution in [3.05, 3.63) is 60.2 Å². The van der Waals surface area contributed by atoms with Gasteiger partial charge in [0, 0.05) is 18.7 Å². The Balaban J connectivity index is 1.71. The minimum atomic E-state index is -3.81. The van der Waals surface area contributed by atoms with Crippen molar-refractivity contribution in [1.82, 2.24) is 10.6 Å². The summed E-state index contributed by atoms with van der Waals surface area (Å²) >= 11 is 0. The smallest absolute Gasteiger partial charge is 0.242 e. The van der Waals surface area contributed by atoms with E-state index in [1.165, 1.54) is 37.6 Å². The number of carbonyl (C=O) groups excluding carboxylic acids is 2. The monoisotopic (exact) mass is 515 g/mol. The number of benzene rings is 2. The van der Waals surface area contributed by atoms with Crippen LogP contribution in [0.25, 0.3) is 0 Å². The van der Waals surface area contributed by atoms with Gasteiger partial charge in [0.05, 0.1) is 5.75 Å². The quantitative estimate of drug-likeness (QED) is 0.321. The first-order valence-electron chi connectivity index (χ1n) is 12.6. The Labute approximate surface area is 213 Å². The second kappa shape index (κ2) is 13.3. The first-order chi connectivity index (χ1) is 17.2. The highest BCUT2D eigenvalue weighted by atomic mass is 32.2. The van der Waals surface area contributed by atoms with E-state index in [9.17, 15) is 23.1 Å². The number of nitrogens with one attached hydrogen (secondary N) is 3. The topological polar surface area (TPSA) is 125 Å². The third-order valence-electron chi connectivity index (χ3n) is 6.52. The van der Waals surface area contributed by atoms with Gasteiger partial charge in [0.15, 0.2) is 0 Å². The Hall–Kier alpha value is -3.07. The second-order valence-electron chi connectivity index (χ2n) is 9.65. The van der Waals surface area contributed by atoms with Crippen LogP contribution in [0.3, 0.4) is 0 Å². The van der Waals surface area contributed by atoms with Gasteiger partial charge in [0.1, 0.15) is 11.8 Å². The molecule has 36 heavy (non-hydrogen) atoms. The molecule has 1 fully saturated rings. The number of phenolic OH excluding ortho intramolecular Hbond substituents is 1. The van der Waals surface area contributed by atoms with E-state index in [4.69, 9.17) is 0 Å². The van der Waals surface area contributed by atoms with Crippen LogP contribution in [0, 0.1) is 5.92 Å². The molecule has 196 valence electrons. The van der Waals surface area contributed by atoms with Crippen LogP contribution in [-0.4, -0.2) is 43.2 Å². The number of anilines is 1. The molecule has 3 rings (SSSR count). The normalized spacial score (nSPS) is 16.0. The average Bonchev–Trinajstić information content (AvgIpc) is 2.84. The molecule has 0 saturated heterocycles. The number of aromatic hydroxyl groups is 1. The summed E-state index contributed by atoms with van der Waals surface area (Å²) in [5.41, 5.74) is 1.37. The van der Waals surface area contributed by atoms with E-state index < -0.39 is 22.1 Å². The maximum atomic E-state index is 13.3. The van der Waals surface area contributed by atoms with Crippen LogP contribution in [0.5, 0.6) is 5.75 Å². The van der Waals surface area contributed by atoms with Crippen molar-refractivity contribution in [3.63, 3.8) is 0 Å². The van der Waals surface area contributed by atoms with Crippen LogP contribution in [0.2, 0.25) is 0 Å². The van der Waals surface area contributed by atoms with Gasteiger partial charge in [0.25, 0.3) is 0 Å². The van der Waals surface area contributed by atoms with Gasteiger partial charge in [-0.05, 0) is 55.0 Å². The predicted molar refractivity (Wildman–Crippen MR) is 141 cm³/mol. The lowest BCUT2D eigenvalue weighted by Gasteiger charge is -2.28. The number of rotatable bonds is 12. The van der Waals surface area contributed by atoms with Crippen LogP contribution < -0.4 is 15.4 Å². The molecule has 0 radical (unpaired) electrons. The summed E-state index contributed by atoms with van der Waals surface area (Å²) in [6.07, 6.45) is 7.07. The molecule has 2 unspecified atom stereocenters. The third kappa shape index (κ3) is 9.53. The summed E-state index contributed by atoms with van der Waals surface area (Å²) in [6.45, 7) is 1.39. The molecular weight excluding hydrogens is 478 g/mol. The highest BCUT2D eigenvalue weighted by Gasteiger charge is 2.28. The first-order valence-corrected chi connectivity index (χ1v) is 14.3. The molecule has 2 aromatic carbocycles.